The number of anilines is 1. The number of rotatable bonds is 8. The molecule has 0 bridgehead atoms. The summed E-state index contributed by atoms with van der Waals surface area (Å²) < 4.78 is 11.9. The lowest BCUT2D eigenvalue weighted by Crippen LogP contribution is -2.10. The van der Waals surface area contributed by atoms with Crippen LogP contribution >= 0.6 is 0 Å². The summed E-state index contributed by atoms with van der Waals surface area (Å²) in [5.74, 6) is 1.28. The number of para-hydroxylation sites is 1. The third kappa shape index (κ3) is 5.59. The minimum atomic E-state index is -0.141. The Morgan fingerprint density at radius 1 is 0.946 bits per heavy atom. The molecule has 0 atom stereocenters. The number of benzene rings is 3. The van der Waals surface area contributed by atoms with Crippen molar-refractivity contribution in [1.82, 2.24) is 9.97 Å². The molecule has 5 rings (SSSR count). The molecule has 0 saturated heterocycles. The number of hydrogen-bond acceptors (Lipinski definition) is 5. The zero-order chi connectivity index (χ0) is 25.6. The Morgan fingerprint density at radius 2 is 1.84 bits per heavy atom. The quantitative estimate of drug-likeness (QED) is 0.272. The number of methoxy groups -OCH3 is 1. The maximum absolute atomic E-state index is 12.1. The predicted molar refractivity (Wildman–Crippen MR) is 146 cm³/mol. The van der Waals surface area contributed by atoms with Crippen molar-refractivity contribution in [2.45, 2.75) is 20.0 Å². The molecule has 6 heteroatoms. The number of pyridine rings is 2. The highest BCUT2D eigenvalue weighted by atomic mass is 16.5. The van der Waals surface area contributed by atoms with Gasteiger partial charge in [0, 0.05) is 42.4 Å². The maximum atomic E-state index is 12.1. The van der Waals surface area contributed by atoms with E-state index in [-0.39, 0.29) is 5.91 Å². The number of carbonyl (C=O) groups excluding carboxylic acids is 1. The number of nitrogens with zero attached hydrogens (tertiary/aromatic N) is 2. The predicted octanol–water partition coefficient (Wildman–Crippen LogP) is 6.43. The van der Waals surface area contributed by atoms with Crippen LogP contribution in [0.15, 0.2) is 97.3 Å². The van der Waals surface area contributed by atoms with Crippen LogP contribution in [-0.2, 0) is 17.8 Å². The lowest BCUT2D eigenvalue weighted by molar-refractivity contribution is -0.114. The van der Waals surface area contributed by atoms with Crippen LogP contribution in [0.25, 0.3) is 22.0 Å². The normalized spacial score (nSPS) is 10.8. The van der Waals surface area contributed by atoms with Crippen molar-refractivity contribution in [3.63, 3.8) is 0 Å². The van der Waals surface area contributed by atoms with Crippen molar-refractivity contribution < 1.29 is 14.3 Å². The summed E-state index contributed by atoms with van der Waals surface area (Å²) in [4.78, 5) is 21.1. The first kappa shape index (κ1) is 24.0. The molecule has 0 spiro atoms. The Bertz CT molecular complexity index is 1550. The molecular formula is C31H27N3O3. The van der Waals surface area contributed by atoms with Crippen molar-refractivity contribution in [2.24, 2.45) is 0 Å². The average Bonchev–Trinajstić information content (AvgIpc) is 2.93. The molecule has 0 unspecified atom stereocenters. The molecule has 0 saturated carbocycles. The van der Waals surface area contributed by atoms with Gasteiger partial charge in [-0.1, -0.05) is 42.5 Å². The number of amides is 1. The van der Waals surface area contributed by atoms with Gasteiger partial charge in [-0.25, -0.2) is 4.98 Å². The molecule has 0 aliphatic carbocycles. The number of ether oxygens (including phenoxy) is 2. The molecule has 0 radical (unpaired) electrons. The number of nitrogens with one attached hydrogen (secondary N) is 1. The average molecular weight is 490 g/mol. The fourth-order valence-electron chi connectivity index (χ4n) is 4.38. The zero-order valence-electron chi connectivity index (χ0n) is 20.8. The third-order valence-electron chi connectivity index (χ3n) is 6.08. The number of aromatic nitrogens is 2. The van der Waals surface area contributed by atoms with Gasteiger partial charge < -0.3 is 14.8 Å². The summed E-state index contributed by atoms with van der Waals surface area (Å²) in [7, 11) is 1.65. The highest BCUT2D eigenvalue weighted by molar-refractivity contribution is 5.92. The van der Waals surface area contributed by atoms with Crippen LogP contribution in [0.2, 0.25) is 0 Å². The van der Waals surface area contributed by atoms with Gasteiger partial charge in [0.1, 0.15) is 18.1 Å². The maximum Gasteiger partial charge on any atom is 0.221 e. The first-order valence-corrected chi connectivity index (χ1v) is 12.0. The summed E-state index contributed by atoms with van der Waals surface area (Å²) in [6.45, 7) is 1.81. The van der Waals surface area contributed by atoms with E-state index in [4.69, 9.17) is 14.5 Å². The second-order valence-corrected chi connectivity index (χ2v) is 8.70. The van der Waals surface area contributed by atoms with E-state index >= 15 is 0 Å². The Kier molecular flexibility index (Phi) is 7.08. The molecule has 0 aliphatic heterocycles. The van der Waals surface area contributed by atoms with Gasteiger partial charge in [-0.3, -0.25) is 9.78 Å². The number of fused-ring (bicyclic) bond motifs is 1. The molecule has 2 heterocycles. The minimum absolute atomic E-state index is 0.141. The van der Waals surface area contributed by atoms with Gasteiger partial charge in [0.25, 0.3) is 0 Å². The Morgan fingerprint density at radius 3 is 2.65 bits per heavy atom. The summed E-state index contributed by atoms with van der Waals surface area (Å²) in [6.07, 6.45) is 4.14. The van der Waals surface area contributed by atoms with Gasteiger partial charge in [0.15, 0.2) is 0 Å². The summed E-state index contributed by atoms with van der Waals surface area (Å²) in [5.41, 5.74) is 6.24. The van der Waals surface area contributed by atoms with E-state index in [1.807, 2.05) is 85.1 Å². The van der Waals surface area contributed by atoms with Crippen molar-refractivity contribution in [3.8, 4) is 22.6 Å². The van der Waals surface area contributed by atoms with Gasteiger partial charge >= 0.3 is 0 Å². The fraction of sp³-hybridized carbons (Fsp3) is 0.129. The van der Waals surface area contributed by atoms with Gasteiger partial charge in [-0.15, -0.1) is 0 Å². The van der Waals surface area contributed by atoms with E-state index < -0.39 is 0 Å². The lowest BCUT2D eigenvalue weighted by Gasteiger charge is -2.20. The Hall–Kier alpha value is -4.71. The zero-order valence-corrected chi connectivity index (χ0v) is 20.8. The summed E-state index contributed by atoms with van der Waals surface area (Å²) in [6, 6.07) is 27.6. The highest BCUT2D eigenvalue weighted by Gasteiger charge is 2.19. The van der Waals surface area contributed by atoms with Crippen molar-refractivity contribution in [3.05, 3.63) is 114 Å². The molecule has 6 nitrogen and oxygen atoms in total. The van der Waals surface area contributed by atoms with E-state index in [1.54, 1.807) is 13.3 Å². The number of hydrogen-bond donors (Lipinski definition) is 1. The van der Waals surface area contributed by atoms with Gasteiger partial charge in [-0.2, -0.15) is 0 Å². The van der Waals surface area contributed by atoms with E-state index in [9.17, 15) is 4.79 Å². The second-order valence-electron chi connectivity index (χ2n) is 8.70. The smallest absolute Gasteiger partial charge is 0.221 e. The highest BCUT2D eigenvalue weighted by Crippen LogP contribution is 2.40. The summed E-state index contributed by atoms with van der Waals surface area (Å²) >= 11 is 0. The van der Waals surface area contributed by atoms with Crippen LogP contribution in [0.1, 0.15) is 23.7 Å². The summed E-state index contributed by atoms with van der Waals surface area (Å²) in [5, 5.41) is 4.08. The van der Waals surface area contributed by atoms with Crippen molar-refractivity contribution >= 4 is 22.5 Å². The molecule has 184 valence electrons. The molecule has 5 aromatic rings. The van der Waals surface area contributed by atoms with Crippen LogP contribution in [0.5, 0.6) is 11.5 Å². The van der Waals surface area contributed by atoms with E-state index in [0.717, 1.165) is 50.3 Å². The molecular weight excluding hydrogens is 462 g/mol. The Labute approximate surface area is 215 Å². The van der Waals surface area contributed by atoms with Crippen LogP contribution in [-0.4, -0.2) is 23.0 Å². The molecule has 3 aromatic carbocycles. The largest absolute Gasteiger partial charge is 0.497 e. The molecule has 1 amide bonds. The minimum Gasteiger partial charge on any atom is -0.497 e. The standard InChI is InChI=1S/C31H27N3O3/c1-21(35)33-29-14-15-30(37-20-25-13-12-23-8-3-4-11-28(23)34-25)31(24-9-5-10-26(18-24)36-2)27(29)17-22-7-6-16-32-19-22/h3-16,18-19H,17,20H2,1-2H3,(H,33,35). The monoisotopic (exact) mass is 489 g/mol. The second kappa shape index (κ2) is 10.9. The molecule has 2 aromatic heterocycles. The molecule has 37 heavy (non-hydrogen) atoms. The third-order valence-corrected chi connectivity index (χ3v) is 6.08. The van der Waals surface area contributed by atoms with Crippen molar-refractivity contribution in [2.75, 3.05) is 12.4 Å². The topological polar surface area (TPSA) is 73.3 Å². The Balaban J connectivity index is 1.60. The van der Waals surface area contributed by atoms with Gasteiger partial charge in [0.2, 0.25) is 5.91 Å². The SMILES string of the molecule is COc1cccc(-c2c(OCc3ccc4ccccc4n3)ccc(NC(C)=O)c2Cc2cccnc2)c1. The van der Waals surface area contributed by atoms with Crippen LogP contribution in [0, 0.1) is 0 Å². The van der Waals surface area contributed by atoms with Crippen LogP contribution in [0.3, 0.4) is 0 Å². The number of carbonyl (C=O) groups is 1. The molecule has 0 fully saturated rings. The van der Waals surface area contributed by atoms with Crippen LogP contribution < -0.4 is 14.8 Å². The first-order valence-electron chi connectivity index (χ1n) is 12.0. The van der Waals surface area contributed by atoms with E-state index in [1.165, 1.54) is 6.92 Å². The lowest BCUT2D eigenvalue weighted by atomic mass is 9.92. The van der Waals surface area contributed by atoms with Gasteiger partial charge in [-0.05, 0) is 59.2 Å². The molecule has 1 N–H and O–H groups in total. The first-order chi connectivity index (χ1) is 18.1. The fourth-order valence-corrected chi connectivity index (χ4v) is 4.38. The van der Waals surface area contributed by atoms with Crippen molar-refractivity contribution in [1.29, 1.82) is 0 Å². The van der Waals surface area contributed by atoms with E-state index in [2.05, 4.69) is 16.4 Å². The van der Waals surface area contributed by atoms with Gasteiger partial charge in [0.05, 0.1) is 18.3 Å². The molecule has 0 aliphatic rings. The van der Waals surface area contributed by atoms with Crippen LogP contribution in [0.4, 0.5) is 5.69 Å². The van der Waals surface area contributed by atoms with E-state index in [0.29, 0.717) is 18.8 Å².